The van der Waals surface area contributed by atoms with Crippen molar-refractivity contribution in [1.29, 1.82) is 0 Å². The van der Waals surface area contributed by atoms with Crippen molar-refractivity contribution in [1.82, 2.24) is 24.8 Å². The van der Waals surface area contributed by atoms with Crippen molar-refractivity contribution >= 4 is 61.3 Å². The highest BCUT2D eigenvalue weighted by molar-refractivity contribution is 6.39. The van der Waals surface area contributed by atoms with Gasteiger partial charge in [-0.3, -0.25) is 24.7 Å². The topological polar surface area (TPSA) is 100 Å². The first-order valence-electron chi connectivity index (χ1n) is 14.0. The molecule has 0 saturated carbocycles. The molecule has 5 heterocycles. The van der Waals surface area contributed by atoms with Gasteiger partial charge in [0.15, 0.2) is 0 Å². The summed E-state index contributed by atoms with van der Waals surface area (Å²) in [5, 5.41) is 5.94. The Kier molecular flexibility index (Phi) is 4.95. The number of hydrogen-bond donors (Lipinski definition) is 2. The van der Waals surface area contributed by atoms with E-state index in [-0.39, 0.29) is 29.7 Å². The first-order valence-corrected chi connectivity index (χ1v) is 14.0. The normalized spacial score (nSPS) is 17.4. The van der Waals surface area contributed by atoms with Gasteiger partial charge in [0.2, 0.25) is 5.91 Å². The minimum Gasteiger partial charge on any atom is -0.353 e. The molecule has 0 radical (unpaired) electrons. The van der Waals surface area contributed by atoms with E-state index in [1.54, 1.807) is 6.20 Å². The van der Waals surface area contributed by atoms with Crippen molar-refractivity contribution in [3.05, 3.63) is 89.2 Å². The van der Waals surface area contributed by atoms with E-state index in [9.17, 15) is 14.4 Å². The van der Waals surface area contributed by atoms with E-state index in [4.69, 9.17) is 0 Å². The third kappa shape index (κ3) is 3.27. The molecule has 0 bridgehead atoms. The standard InChI is InChI=1S/C33H27N5O3/c1-17(13-19-7-6-12-34-14-19)33(41)37-16-20-8-5-10-22-25-27-26(31(39)36-32(27)40)24-21-9-3-4-11-23(21)35-28(24)30(25)38(29(20)22)15-18(37)2/h3-12,14,17-18,35H,13,15-16H2,1-2H3,(H,36,39,40)/t17-,18?/m0/s1. The van der Waals surface area contributed by atoms with Crippen LogP contribution in [0.25, 0.3) is 43.6 Å². The quantitative estimate of drug-likeness (QED) is 0.296. The number of carbonyl (C=O) groups is 3. The number of imide groups is 1. The summed E-state index contributed by atoms with van der Waals surface area (Å²) in [5.41, 5.74) is 6.58. The second kappa shape index (κ2) is 8.51. The van der Waals surface area contributed by atoms with Gasteiger partial charge < -0.3 is 14.5 Å². The molecule has 0 aliphatic carbocycles. The first-order chi connectivity index (χ1) is 19.9. The van der Waals surface area contributed by atoms with Crippen LogP contribution in [0.15, 0.2) is 67.0 Å². The lowest BCUT2D eigenvalue weighted by atomic mass is 9.96. The Balaban J connectivity index is 1.36. The number of hydrogen-bond acceptors (Lipinski definition) is 4. The Morgan fingerprint density at radius 2 is 1.76 bits per heavy atom. The molecule has 202 valence electrons. The second-order valence-corrected chi connectivity index (χ2v) is 11.4. The molecule has 3 amide bonds. The van der Waals surface area contributed by atoms with Crippen LogP contribution in [-0.2, 0) is 24.3 Å². The number of benzene rings is 3. The number of carbonyl (C=O) groups excluding carboxylic acids is 3. The van der Waals surface area contributed by atoms with Gasteiger partial charge in [-0.15, -0.1) is 0 Å². The van der Waals surface area contributed by atoms with E-state index in [0.717, 1.165) is 54.7 Å². The minimum atomic E-state index is -0.363. The maximum Gasteiger partial charge on any atom is 0.259 e. The van der Waals surface area contributed by atoms with Crippen molar-refractivity contribution < 1.29 is 14.4 Å². The summed E-state index contributed by atoms with van der Waals surface area (Å²) >= 11 is 0. The van der Waals surface area contributed by atoms with Crippen LogP contribution >= 0.6 is 0 Å². The summed E-state index contributed by atoms with van der Waals surface area (Å²) in [6.07, 6.45) is 4.19. The molecule has 6 aromatic rings. The van der Waals surface area contributed by atoms with Crippen molar-refractivity contribution in [3.63, 3.8) is 0 Å². The number of amides is 3. The Hall–Kier alpha value is -4.98. The van der Waals surface area contributed by atoms with Gasteiger partial charge >= 0.3 is 0 Å². The Bertz CT molecular complexity index is 2110. The lowest BCUT2D eigenvalue weighted by Crippen LogP contribution is -2.42. The summed E-state index contributed by atoms with van der Waals surface area (Å²) in [6.45, 7) is 5.09. The molecule has 2 aliphatic rings. The van der Waals surface area contributed by atoms with E-state index >= 15 is 0 Å². The molecule has 2 N–H and O–H groups in total. The van der Waals surface area contributed by atoms with Crippen LogP contribution in [0.5, 0.6) is 0 Å². The number of fused-ring (bicyclic) bond motifs is 10. The summed E-state index contributed by atoms with van der Waals surface area (Å²) in [6, 6.07) is 17.8. The molecule has 41 heavy (non-hydrogen) atoms. The number of aromatic nitrogens is 3. The fourth-order valence-electron chi connectivity index (χ4n) is 7.06. The predicted molar refractivity (Wildman–Crippen MR) is 158 cm³/mol. The molecule has 8 nitrogen and oxygen atoms in total. The van der Waals surface area contributed by atoms with Gasteiger partial charge in [0.1, 0.15) is 0 Å². The highest BCUT2D eigenvalue weighted by atomic mass is 16.2. The first kappa shape index (κ1) is 23.9. The molecule has 0 spiro atoms. The lowest BCUT2D eigenvalue weighted by molar-refractivity contribution is -0.137. The van der Waals surface area contributed by atoms with Crippen LogP contribution in [0.2, 0.25) is 0 Å². The monoisotopic (exact) mass is 541 g/mol. The number of H-pyrrole nitrogens is 1. The van der Waals surface area contributed by atoms with Gasteiger partial charge in [-0.2, -0.15) is 0 Å². The van der Waals surface area contributed by atoms with E-state index in [1.165, 1.54) is 0 Å². The summed E-state index contributed by atoms with van der Waals surface area (Å²) in [7, 11) is 0. The average molecular weight is 542 g/mol. The lowest BCUT2D eigenvalue weighted by Gasteiger charge is -2.30. The zero-order chi connectivity index (χ0) is 28.0. The SMILES string of the molecule is CC1Cn2c3c(cccc3c3c4c(c5c6ccccc6[nH]c5c32)C(=O)NC4=O)CN1C(=O)[C@@H](C)Cc1cccnc1. The molecule has 8 rings (SSSR count). The van der Waals surface area contributed by atoms with E-state index in [2.05, 4.69) is 32.8 Å². The van der Waals surface area contributed by atoms with Crippen LogP contribution < -0.4 is 5.32 Å². The Morgan fingerprint density at radius 1 is 0.976 bits per heavy atom. The third-order valence-corrected chi connectivity index (χ3v) is 8.83. The summed E-state index contributed by atoms with van der Waals surface area (Å²) in [5.74, 6) is -0.820. The molecule has 2 aliphatic heterocycles. The number of nitrogens with zero attached hydrogens (tertiary/aromatic N) is 3. The summed E-state index contributed by atoms with van der Waals surface area (Å²) < 4.78 is 2.26. The van der Waals surface area contributed by atoms with Crippen LogP contribution in [0.4, 0.5) is 0 Å². The highest BCUT2D eigenvalue weighted by Gasteiger charge is 2.37. The number of aromatic amines is 1. The van der Waals surface area contributed by atoms with Crippen LogP contribution in [0.3, 0.4) is 0 Å². The maximum atomic E-state index is 13.9. The van der Waals surface area contributed by atoms with Gasteiger partial charge in [0.25, 0.3) is 11.8 Å². The Labute approximate surface area is 234 Å². The molecule has 3 aromatic carbocycles. The van der Waals surface area contributed by atoms with Gasteiger partial charge in [-0.25, -0.2) is 0 Å². The smallest absolute Gasteiger partial charge is 0.259 e. The van der Waals surface area contributed by atoms with Gasteiger partial charge in [0.05, 0.1) is 27.7 Å². The average Bonchev–Trinajstić information content (AvgIpc) is 3.57. The molecule has 3 aromatic heterocycles. The molecule has 0 fully saturated rings. The summed E-state index contributed by atoms with van der Waals surface area (Å²) in [4.78, 5) is 50.2. The minimum absolute atomic E-state index is 0.104. The fraction of sp³-hybridized carbons (Fsp3) is 0.212. The van der Waals surface area contributed by atoms with Crippen molar-refractivity contribution in [3.8, 4) is 0 Å². The van der Waals surface area contributed by atoms with Crippen LogP contribution in [-0.4, -0.2) is 43.2 Å². The van der Waals surface area contributed by atoms with E-state index < -0.39 is 0 Å². The highest BCUT2D eigenvalue weighted by Crippen LogP contribution is 2.45. The molecule has 2 atom stereocenters. The zero-order valence-corrected chi connectivity index (χ0v) is 22.7. The van der Waals surface area contributed by atoms with Gasteiger partial charge in [-0.1, -0.05) is 49.4 Å². The van der Waals surface area contributed by atoms with Gasteiger partial charge in [-0.05, 0) is 36.6 Å². The van der Waals surface area contributed by atoms with Crippen LogP contribution in [0, 0.1) is 5.92 Å². The van der Waals surface area contributed by atoms with E-state index in [1.807, 2.05) is 66.6 Å². The number of para-hydroxylation sites is 2. The Morgan fingerprint density at radius 3 is 2.56 bits per heavy atom. The van der Waals surface area contributed by atoms with Crippen LogP contribution in [0.1, 0.15) is 45.7 Å². The van der Waals surface area contributed by atoms with Crippen molar-refractivity contribution in [2.24, 2.45) is 5.92 Å². The van der Waals surface area contributed by atoms with Crippen molar-refractivity contribution in [2.75, 3.05) is 0 Å². The number of pyridine rings is 1. The fourth-order valence-corrected chi connectivity index (χ4v) is 7.06. The maximum absolute atomic E-state index is 13.9. The third-order valence-electron chi connectivity index (χ3n) is 8.83. The number of rotatable bonds is 3. The molecular weight excluding hydrogens is 514 g/mol. The van der Waals surface area contributed by atoms with Gasteiger partial charge in [0, 0.05) is 64.5 Å². The van der Waals surface area contributed by atoms with E-state index in [0.29, 0.717) is 30.6 Å². The molecular formula is C33H27N5O3. The van der Waals surface area contributed by atoms with Crippen molar-refractivity contribution in [2.45, 2.75) is 39.4 Å². The molecule has 0 saturated heterocycles. The molecule has 1 unspecified atom stereocenters. The molecule has 8 heteroatoms. The number of nitrogens with one attached hydrogen (secondary N) is 2. The largest absolute Gasteiger partial charge is 0.353 e. The predicted octanol–water partition coefficient (Wildman–Crippen LogP) is 5.32. The zero-order valence-electron chi connectivity index (χ0n) is 22.7. The second-order valence-electron chi connectivity index (χ2n) is 11.4.